The Morgan fingerprint density at radius 2 is 1.45 bits per heavy atom. The molecule has 0 spiro atoms. The standard InChI is InChI=1S/C27H18Cl2N4/c28-22-11-6-18(7-12-22)17-30-33-26(19-4-2-1-3-5-19)21-10-15-24-25(16-21)32-27(31-24)20-8-13-23(29)14-9-20/h1-17H,(H,31,32)/b30-17+,33-26-. The molecule has 0 bridgehead atoms. The van der Waals surface area contributed by atoms with E-state index < -0.39 is 0 Å². The zero-order chi connectivity index (χ0) is 22.6. The lowest BCUT2D eigenvalue weighted by molar-refractivity contribution is 1.24. The molecule has 1 aromatic heterocycles. The van der Waals surface area contributed by atoms with E-state index in [4.69, 9.17) is 28.2 Å². The van der Waals surface area contributed by atoms with Gasteiger partial charge in [0.15, 0.2) is 0 Å². The first-order valence-corrected chi connectivity index (χ1v) is 11.1. The van der Waals surface area contributed by atoms with Crippen molar-refractivity contribution in [1.82, 2.24) is 9.97 Å². The molecule has 33 heavy (non-hydrogen) atoms. The van der Waals surface area contributed by atoms with Crippen LogP contribution in [-0.4, -0.2) is 21.9 Å². The van der Waals surface area contributed by atoms with E-state index in [0.29, 0.717) is 10.0 Å². The van der Waals surface area contributed by atoms with E-state index in [-0.39, 0.29) is 0 Å². The van der Waals surface area contributed by atoms with Crippen molar-refractivity contribution in [2.24, 2.45) is 10.2 Å². The predicted molar refractivity (Wildman–Crippen MR) is 138 cm³/mol. The fraction of sp³-hybridized carbons (Fsp3) is 0. The van der Waals surface area contributed by atoms with Crippen LogP contribution in [0.15, 0.2) is 107 Å². The lowest BCUT2D eigenvalue weighted by atomic mass is 10.0. The number of nitrogens with zero attached hydrogens (tertiary/aromatic N) is 3. The third-order valence-corrected chi connectivity index (χ3v) is 5.66. The third-order valence-electron chi connectivity index (χ3n) is 5.15. The highest BCUT2D eigenvalue weighted by molar-refractivity contribution is 6.30. The number of halogens is 2. The van der Waals surface area contributed by atoms with E-state index in [1.165, 1.54) is 0 Å². The molecule has 0 unspecified atom stereocenters. The summed E-state index contributed by atoms with van der Waals surface area (Å²) < 4.78 is 0. The van der Waals surface area contributed by atoms with Crippen LogP contribution in [0.25, 0.3) is 22.4 Å². The summed E-state index contributed by atoms with van der Waals surface area (Å²) in [7, 11) is 0. The normalized spacial score (nSPS) is 12.0. The van der Waals surface area contributed by atoms with Gasteiger partial charge in [0.25, 0.3) is 0 Å². The zero-order valence-electron chi connectivity index (χ0n) is 17.4. The molecule has 0 amide bonds. The molecular formula is C27H18Cl2N4. The smallest absolute Gasteiger partial charge is 0.138 e. The van der Waals surface area contributed by atoms with Crippen molar-refractivity contribution < 1.29 is 0 Å². The zero-order valence-corrected chi connectivity index (χ0v) is 18.9. The van der Waals surface area contributed by atoms with Gasteiger partial charge in [-0.15, -0.1) is 5.10 Å². The third kappa shape index (κ3) is 4.87. The van der Waals surface area contributed by atoms with Crippen LogP contribution in [0.1, 0.15) is 16.7 Å². The van der Waals surface area contributed by atoms with Crippen LogP contribution in [0.5, 0.6) is 0 Å². The molecule has 4 nitrogen and oxygen atoms in total. The second kappa shape index (κ2) is 9.41. The van der Waals surface area contributed by atoms with Gasteiger partial charge in [0, 0.05) is 26.7 Å². The highest BCUT2D eigenvalue weighted by Gasteiger charge is 2.11. The van der Waals surface area contributed by atoms with Gasteiger partial charge in [0.1, 0.15) is 11.5 Å². The number of H-pyrrole nitrogens is 1. The molecule has 0 radical (unpaired) electrons. The topological polar surface area (TPSA) is 53.4 Å². The van der Waals surface area contributed by atoms with Crippen molar-refractivity contribution in [2.75, 3.05) is 0 Å². The maximum atomic E-state index is 6.02. The van der Waals surface area contributed by atoms with Crippen LogP contribution in [0.3, 0.4) is 0 Å². The van der Waals surface area contributed by atoms with E-state index in [1.54, 1.807) is 6.21 Å². The van der Waals surface area contributed by atoms with Crippen molar-refractivity contribution >= 4 is 46.2 Å². The average molecular weight is 469 g/mol. The second-order valence-electron chi connectivity index (χ2n) is 7.43. The molecule has 5 aromatic rings. The van der Waals surface area contributed by atoms with Crippen molar-refractivity contribution in [1.29, 1.82) is 0 Å². The van der Waals surface area contributed by atoms with E-state index in [2.05, 4.69) is 15.2 Å². The minimum atomic E-state index is 0.687. The highest BCUT2D eigenvalue weighted by atomic mass is 35.5. The van der Waals surface area contributed by atoms with Gasteiger partial charge in [0.2, 0.25) is 0 Å². The monoisotopic (exact) mass is 468 g/mol. The minimum absolute atomic E-state index is 0.687. The number of nitrogens with one attached hydrogen (secondary N) is 1. The van der Waals surface area contributed by atoms with Crippen molar-refractivity contribution in [2.45, 2.75) is 0 Å². The number of aromatic nitrogens is 2. The van der Waals surface area contributed by atoms with Crippen molar-refractivity contribution in [3.05, 3.63) is 124 Å². The van der Waals surface area contributed by atoms with E-state index >= 15 is 0 Å². The number of hydrogen-bond acceptors (Lipinski definition) is 3. The van der Waals surface area contributed by atoms with E-state index in [9.17, 15) is 0 Å². The van der Waals surface area contributed by atoms with Crippen LogP contribution in [-0.2, 0) is 0 Å². The molecule has 0 saturated heterocycles. The number of hydrogen-bond donors (Lipinski definition) is 1. The number of benzene rings is 4. The molecule has 0 saturated carbocycles. The number of aromatic amines is 1. The Kier molecular flexibility index (Phi) is 6.03. The SMILES string of the molecule is Clc1ccc(/C=N/N=C(/c2ccccc2)c2ccc3nc(-c4ccc(Cl)cc4)[nH]c3c2)cc1. The van der Waals surface area contributed by atoms with Crippen LogP contribution in [0.4, 0.5) is 0 Å². The van der Waals surface area contributed by atoms with Crippen molar-refractivity contribution in [3.63, 3.8) is 0 Å². The van der Waals surface area contributed by atoms with Gasteiger partial charge in [-0.05, 0) is 54.1 Å². The summed E-state index contributed by atoms with van der Waals surface area (Å²) in [6.45, 7) is 0. The number of fused-ring (bicyclic) bond motifs is 1. The Morgan fingerprint density at radius 3 is 2.18 bits per heavy atom. The largest absolute Gasteiger partial charge is 0.338 e. The molecule has 1 N–H and O–H groups in total. The lowest BCUT2D eigenvalue weighted by Crippen LogP contribution is -2.02. The maximum Gasteiger partial charge on any atom is 0.138 e. The molecule has 0 aliphatic carbocycles. The Labute approximate surface area is 201 Å². The van der Waals surface area contributed by atoms with Gasteiger partial charge in [-0.25, -0.2) is 4.98 Å². The Morgan fingerprint density at radius 1 is 0.758 bits per heavy atom. The maximum absolute atomic E-state index is 6.02. The van der Waals surface area contributed by atoms with Crippen LogP contribution >= 0.6 is 23.2 Å². The first-order chi connectivity index (χ1) is 16.2. The summed E-state index contributed by atoms with van der Waals surface area (Å²) in [6.07, 6.45) is 1.71. The summed E-state index contributed by atoms with van der Waals surface area (Å²) in [5, 5.41) is 10.3. The first-order valence-electron chi connectivity index (χ1n) is 10.3. The number of rotatable bonds is 5. The van der Waals surface area contributed by atoms with Crippen LogP contribution in [0.2, 0.25) is 10.0 Å². The quantitative estimate of drug-likeness (QED) is 0.212. The summed E-state index contributed by atoms with van der Waals surface area (Å²) in [5.74, 6) is 0.790. The van der Waals surface area contributed by atoms with Crippen LogP contribution in [0, 0.1) is 0 Å². The van der Waals surface area contributed by atoms with Gasteiger partial charge >= 0.3 is 0 Å². The van der Waals surface area contributed by atoms with Gasteiger partial charge in [-0.1, -0.05) is 71.7 Å². The summed E-state index contributed by atoms with van der Waals surface area (Å²) >= 11 is 12.0. The van der Waals surface area contributed by atoms with Gasteiger partial charge < -0.3 is 4.98 Å². The number of imidazole rings is 1. The lowest BCUT2D eigenvalue weighted by Gasteiger charge is -2.05. The minimum Gasteiger partial charge on any atom is -0.338 e. The molecule has 1 heterocycles. The molecule has 0 aliphatic rings. The van der Waals surface area contributed by atoms with Crippen LogP contribution < -0.4 is 0 Å². The fourth-order valence-corrected chi connectivity index (χ4v) is 3.73. The van der Waals surface area contributed by atoms with Gasteiger partial charge in [-0.2, -0.15) is 5.10 Å². The molecular weight excluding hydrogens is 451 g/mol. The molecule has 6 heteroatoms. The molecule has 0 atom stereocenters. The summed E-state index contributed by atoms with van der Waals surface area (Å²) in [5.41, 5.74) is 6.37. The molecule has 4 aromatic carbocycles. The van der Waals surface area contributed by atoms with Gasteiger partial charge in [-0.3, -0.25) is 0 Å². The second-order valence-corrected chi connectivity index (χ2v) is 8.31. The Hall–Kier alpha value is -3.73. The van der Waals surface area contributed by atoms with E-state index in [0.717, 1.165) is 44.8 Å². The van der Waals surface area contributed by atoms with E-state index in [1.807, 2.05) is 97.1 Å². The average Bonchev–Trinajstić information content (AvgIpc) is 3.27. The van der Waals surface area contributed by atoms with Gasteiger partial charge in [0.05, 0.1) is 17.2 Å². The first kappa shape index (κ1) is 21.1. The molecule has 0 aliphatic heterocycles. The molecule has 5 rings (SSSR count). The summed E-state index contributed by atoms with van der Waals surface area (Å²) in [4.78, 5) is 8.12. The Balaban J connectivity index is 1.53. The Bertz CT molecular complexity index is 1450. The highest BCUT2D eigenvalue weighted by Crippen LogP contribution is 2.24. The molecule has 0 fully saturated rings. The molecule has 160 valence electrons. The van der Waals surface area contributed by atoms with Crippen molar-refractivity contribution in [3.8, 4) is 11.4 Å². The predicted octanol–water partition coefficient (Wildman–Crippen LogP) is 7.41. The summed E-state index contributed by atoms with van der Waals surface area (Å²) in [6, 6.07) is 31.1. The fourth-order valence-electron chi connectivity index (χ4n) is 3.48.